The molecular formula is C13H19NO2. The molecule has 0 atom stereocenters. The number of nitrogens with zero attached hydrogens (tertiary/aromatic N) is 1. The van der Waals surface area contributed by atoms with Gasteiger partial charge >= 0.3 is 0 Å². The molecule has 16 heavy (non-hydrogen) atoms. The number of aliphatic hydroxyl groups is 1. The van der Waals surface area contributed by atoms with Crippen molar-refractivity contribution in [2.45, 2.75) is 19.8 Å². The summed E-state index contributed by atoms with van der Waals surface area (Å²) in [5, 5.41) is 8.63. The maximum Gasteiger partial charge on any atom is 0.119 e. The van der Waals surface area contributed by atoms with E-state index in [9.17, 15) is 0 Å². The molecule has 0 saturated heterocycles. The highest BCUT2D eigenvalue weighted by Gasteiger charge is 1.98. The van der Waals surface area contributed by atoms with Crippen molar-refractivity contribution in [1.29, 1.82) is 0 Å². The molecule has 0 aromatic heterocycles. The van der Waals surface area contributed by atoms with Gasteiger partial charge in [-0.3, -0.25) is 4.99 Å². The molecule has 0 spiro atoms. The van der Waals surface area contributed by atoms with Crippen LogP contribution >= 0.6 is 0 Å². The molecule has 0 aliphatic carbocycles. The van der Waals surface area contributed by atoms with E-state index < -0.39 is 0 Å². The lowest BCUT2D eigenvalue weighted by Crippen LogP contribution is -1.99. The average molecular weight is 221 g/mol. The Labute approximate surface area is 96.8 Å². The van der Waals surface area contributed by atoms with Crippen LogP contribution in [-0.4, -0.2) is 31.6 Å². The number of aryl methyl sites for hydroxylation is 1. The minimum Gasteiger partial charge on any atom is -0.494 e. The lowest BCUT2D eigenvalue weighted by Gasteiger charge is -2.07. The van der Waals surface area contributed by atoms with Crippen molar-refractivity contribution >= 4 is 6.21 Å². The summed E-state index contributed by atoms with van der Waals surface area (Å²) >= 11 is 0. The third-order valence-electron chi connectivity index (χ3n) is 2.33. The van der Waals surface area contributed by atoms with Crippen LogP contribution in [0.5, 0.6) is 5.75 Å². The van der Waals surface area contributed by atoms with Crippen molar-refractivity contribution in [2.75, 3.05) is 20.3 Å². The van der Waals surface area contributed by atoms with Gasteiger partial charge in [0.25, 0.3) is 0 Å². The van der Waals surface area contributed by atoms with Gasteiger partial charge in [-0.05, 0) is 49.1 Å². The van der Waals surface area contributed by atoms with Gasteiger partial charge in [-0.1, -0.05) is 0 Å². The van der Waals surface area contributed by atoms with Crippen LogP contribution in [0.15, 0.2) is 23.2 Å². The highest BCUT2D eigenvalue weighted by Crippen LogP contribution is 2.16. The number of benzene rings is 1. The molecule has 0 aliphatic rings. The lowest BCUT2D eigenvalue weighted by molar-refractivity contribution is 0.253. The Kier molecular flexibility index (Phi) is 5.57. The van der Waals surface area contributed by atoms with Gasteiger partial charge in [0.05, 0.1) is 6.61 Å². The van der Waals surface area contributed by atoms with Gasteiger partial charge in [-0.25, -0.2) is 0 Å². The van der Waals surface area contributed by atoms with E-state index in [0.717, 1.165) is 29.7 Å². The first-order chi connectivity index (χ1) is 7.77. The molecule has 3 nitrogen and oxygen atoms in total. The second-order valence-electron chi connectivity index (χ2n) is 3.68. The largest absolute Gasteiger partial charge is 0.494 e. The molecule has 0 bridgehead atoms. The standard InChI is InChI=1S/C13H19NO2/c1-11-9-13(16-8-4-3-7-15)6-5-12(11)10-14-2/h5-6,9-10,15H,3-4,7-8H2,1-2H3. The molecule has 1 N–H and O–H groups in total. The summed E-state index contributed by atoms with van der Waals surface area (Å²) in [5.41, 5.74) is 2.27. The second kappa shape index (κ2) is 7.01. The number of aliphatic imine (C=N–C) groups is 1. The molecule has 0 aliphatic heterocycles. The van der Waals surface area contributed by atoms with Crippen molar-refractivity contribution in [2.24, 2.45) is 4.99 Å². The minimum absolute atomic E-state index is 0.230. The Morgan fingerprint density at radius 2 is 2.19 bits per heavy atom. The van der Waals surface area contributed by atoms with Crippen LogP contribution in [-0.2, 0) is 0 Å². The van der Waals surface area contributed by atoms with E-state index in [1.165, 1.54) is 0 Å². The molecule has 1 rings (SSSR count). The van der Waals surface area contributed by atoms with E-state index in [2.05, 4.69) is 4.99 Å². The highest BCUT2D eigenvalue weighted by molar-refractivity contribution is 5.81. The normalized spacial score (nSPS) is 10.9. The predicted octanol–water partition coefficient (Wildman–Crippen LogP) is 2.20. The van der Waals surface area contributed by atoms with Gasteiger partial charge in [0.1, 0.15) is 5.75 Å². The maximum absolute atomic E-state index is 8.63. The van der Waals surface area contributed by atoms with E-state index >= 15 is 0 Å². The van der Waals surface area contributed by atoms with Crippen LogP contribution in [0.2, 0.25) is 0 Å². The van der Waals surface area contributed by atoms with E-state index in [1.54, 1.807) is 7.05 Å². The molecular weight excluding hydrogens is 202 g/mol. The number of aliphatic hydroxyl groups excluding tert-OH is 1. The van der Waals surface area contributed by atoms with Gasteiger partial charge in [-0.15, -0.1) is 0 Å². The highest BCUT2D eigenvalue weighted by atomic mass is 16.5. The third-order valence-corrected chi connectivity index (χ3v) is 2.33. The van der Waals surface area contributed by atoms with Gasteiger partial charge in [0.2, 0.25) is 0 Å². The molecule has 0 amide bonds. The Morgan fingerprint density at radius 1 is 1.38 bits per heavy atom. The van der Waals surface area contributed by atoms with Crippen LogP contribution in [0.4, 0.5) is 0 Å². The average Bonchev–Trinajstić information content (AvgIpc) is 2.28. The Bertz CT molecular complexity index is 348. The zero-order valence-electron chi connectivity index (χ0n) is 9.94. The maximum atomic E-state index is 8.63. The topological polar surface area (TPSA) is 41.8 Å². The van der Waals surface area contributed by atoms with Crippen molar-refractivity contribution in [3.8, 4) is 5.75 Å². The Hall–Kier alpha value is -1.35. The van der Waals surface area contributed by atoms with E-state index in [0.29, 0.717) is 6.61 Å². The van der Waals surface area contributed by atoms with Gasteiger partial charge in [0, 0.05) is 19.9 Å². The second-order valence-corrected chi connectivity index (χ2v) is 3.68. The first-order valence-corrected chi connectivity index (χ1v) is 5.54. The summed E-state index contributed by atoms with van der Waals surface area (Å²) in [6.07, 6.45) is 3.51. The Morgan fingerprint density at radius 3 is 2.81 bits per heavy atom. The molecule has 1 aromatic rings. The molecule has 1 aromatic carbocycles. The third kappa shape index (κ3) is 4.03. The number of unbranched alkanes of at least 4 members (excludes halogenated alkanes) is 1. The first-order valence-electron chi connectivity index (χ1n) is 5.54. The van der Waals surface area contributed by atoms with Gasteiger partial charge < -0.3 is 9.84 Å². The summed E-state index contributed by atoms with van der Waals surface area (Å²) < 4.78 is 5.57. The summed E-state index contributed by atoms with van der Waals surface area (Å²) in [4.78, 5) is 3.99. The fourth-order valence-corrected chi connectivity index (χ4v) is 1.43. The summed E-state index contributed by atoms with van der Waals surface area (Å²) in [7, 11) is 1.76. The fourth-order valence-electron chi connectivity index (χ4n) is 1.43. The zero-order valence-corrected chi connectivity index (χ0v) is 9.94. The molecule has 0 unspecified atom stereocenters. The van der Waals surface area contributed by atoms with E-state index in [-0.39, 0.29) is 6.61 Å². The minimum atomic E-state index is 0.230. The van der Waals surface area contributed by atoms with Crippen LogP contribution in [0.3, 0.4) is 0 Å². The van der Waals surface area contributed by atoms with Crippen molar-refractivity contribution in [3.05, 3.63) is 29.3 Å². The van der Waals surface area contributed by atoms with Crippen LogP contribution in [0.1, 0.15) is 24.0 Å². The van der Waals surface area contributed by atoms with Crippen molar-refractivity contribution in [3.63, 3.8) is 0 Å². The monoisotopic (exact) mass is 221 g/mol. The fraction of sp³-hybridized carbons (Fsp3) is 0.462. The van der Waals surface area contributed by atoms with Gasteiger partial charge in [-0.2, -0.15) is 0 Å². The number of ether oxygens (including phenoxy) is 1. The van der Waals surface area contributed by atoms with E-state index in [1.807, 2.05) is 31.3 Å². The predicted molar refractivity (Wildman–Crippen MR) is 66.5 cm³/mol. The summed E-state index contributed by atoms with van der Waals surface area (Å²) in [6, 6.07) is 5.96. The van der Waals surface area contributed by atoms with Crippen molar-refractivity contribution in [1.82, 2.24) is 0 Å². The first kappa shape index (κ1) is 12.7. The molecule has 0 saturated carbocycles. The number of rotatable bonds is 6. The zero-order chi connectivity index (χ0) is 11.8. The molecule has 88 valence electrons. The molecule has 0 heterocycles. The van der Waals surface area contributed by atoms with Crippen LogP contribution in [0, 0.1) is 6.92 Å². The van der Waals surface area contributed by atoms with Gasteiger partial charge in [0.15, 0.2) is 0 Å². The number of hydrogen-bond donors (Lipinski definition) is 1. The summed E-state index contributed by atoms with van der Waals surface area (Å²) in [5.74, 6) is 0.878. The van der Waals surface area contributed by atoms with E-state index in [4.69, 9.17) is 9.84 Å². The SMILES string of the molecule is CN=Cc1ccc(OCCCCO)cc1C. The Balaban J connectivity index is 2.52. The number of hydrogen-bond acceptors (Lipinski definition) is 3. The smallest absolute Gasteiger partial charge is 0.119 e. The van der Waals surface area contributed by atoms with Crippen molar-refractivity contribution < 1.29 is 9.84 Å². The lowest BCUT2D eigenvalue weighted by atomic mass is 10.1. The molecule has 3 heteroatoms. The van der Waals surface area contributed by atoms with Crippen LogP contribution in [0.25, 0.3) is 0 Å². The summed E-state index contributed by atoms with van der Waals surface area (Å²) in [6.45, 7) is 2.92. The quantitative estimate of drug-likeness (QED) is 0.591. The molecule has 0 radical (unpaired) electrons. The molecule has 0 fully saturated rings. The van der Waals surface area contributed by atoms with Crippen LogP contribution < -0.4 is 4.74 Å².